The molecule has 2 aromatic rings. The van der Waals surface area contributed by atoms with Crippen LogP contribution in [0.4, 0.5) is 0 Å². The number of aromatic carboxylic acids is 1. The Morgan fingerprint density at radius 2 is 1.86 bits per heavy atom. The Hall–Kier alpha value is -2.60. The van der Waals surface area contributed by atoms with Crippen LogP contribution in [0.15, 0.2) is 42.5 Å². The summed E-state index contributed by atoms with van der Waals surface area (Å²) < 4.78 is 0. The number of benzene rings is 2. The van der Waals surface area contributed by atoms with Gasteiger partial charge < -0.3 is 5.11 Å². The van der Waals surface area contributed by atoms with Crippen molar-refractivity contribution in [1.29, 1.82) is 5.26 Å². The lowest BCUT2D eigenvalue weighted by molar-refractivity contribution is 0.0697. The first kappa shape index (κ1) is 14.8. The summed E-state index contributed by atoms with van der Waals surface area (Å²) in [4.78, 5) is 10.9. The standard InChI is InChI=1S/C18H17NO2/c1-12-3-4-13(2)16(9-12)10-17(11-19)14-5-7-15(8-6-14)18(20)21/h3-9,17H,10H2,1-2H3,(H,20,21). The van der Waals surface area contributed by atoms with Gasteiger partial charge in [-0.2, -0.15) is 5.26 Å². The average molecular weight is 279 g/mol. The molecule has 2 rings (SSSR count). The molecule has 0 aromatic heterocycles. The molecule has 21 heavy (non-hydrogen) atoms. The minimum Gasteiger partial charge on any atom is -0.478 e. The number of rotatable bonds is 4. The number of aryl methyl sites for hydroxylation is 2. The third kappa shape index (κ3) is 3.49. The molecule has 3 nitrogen and oxygen atoms in total. The molecular weight excluding hydrogens is 262 g/mol. The fourth-order valence-corrected chi connectivity index (χ4v) is 2.34. The molecule has 0 aliphatic carbocycles. The fourth-order valence-electron chi connectivity index (χ4n) is 2.34. The molecule has 0 radical (unpaired) electrons. The predicted octanol–water partition coefficient (Wildman–Crippen LogP) is 3.85. The van der Waals surface area contributed by atoms with Crippen LogP contribution in [0.5, 0.6) is 0 Å². The Bertz CT molecular complexity index is 696. The predicted molar refractivity (Wildman–Crippen MR) is 81.4 cm³/mol. The van der Waals surface area contributed by atoms with Crippen LogP contribution in [0.1, 0.15) is 38.5 Å². The van der Waals surface area contributed by atoms with E-state index < -0.39 is 5.97 Å². The Labute approximate surface area is 124 Å². The number of carboxylic acids is 1. The Balaban J connectivity index is 2.26. The monoisotopic (exact) mass is 279 g/mol. The van der Waals surface area contributed by atoms with E-state index >= 15 is 0 Å². The van der Waals surface area contributed by atoms with Crippen LogP contribution in [0.2, 0.25) is 0 Å². The molecule has 1 unspecified atom stereocenters. The van der Waals surface area contributed by atoms with Crippen molar-refractivity contribution < 1.29 is 9.90 Å². The summed E-state index contributed by atoms with van der Waals surface area (Å²) >= 11 is 0. The zero-order valence-electron chi connectivity index (χ0n) is 12.1. The molecule has 2 aromatic carbocycles. The van der Waals surface area contributed by atoms with Gasteiger partial charge in [-0.3, -0.25) is 0 Å². The van der Waals surface area contributed by atoms with Gasteiger partial charge in [-0.05, 0) is 49.1 Å². The first-order chi connectivity index (χ1) is 10.0. The van der Waals surface area contributed by atoms with Crippen LogP contribution in [-0.2, 0) is 6.42 Å². The highest BCUT2D eigenvalue weighted by atomic mass is 16.4. The molecule has 0 saturated heterocycles. The second-order valence-corrected chi connectivity index (χ2v) is 5.24. The topological polar surface area (TPSA) is 61.1 Å². The molecule has 0 bridgehead atoms. The number of carbonyl (C=O) groups is 1. The van der Waals surface area contributed by atoms with Crippen molar-refractivity contribution in [2.75, 3.05) is 0 Å². The average Bonchev–Trinajstić information content (AvgIpc) is 2.48. The van der Waals surface area contributed by atoms with Gasteiger partial charge in [0.15, 0.2) is 0 Å². The van der Waals surface area contributed by atoms with E-state index in [1.807, 2.05) is 13.8 Å². The summed E-state index contributed by atoms with van der Waals surface area (Å²) in [5.41, 5.74) is 4.59. The lowest BCUT2D eigenvalue weighted by Crippen LogP contribution is -2.03. The number of carboxylic acid groups (broad SMARTS) is 1. The maximum absolute atomic E-state index is 10.9. The molecule has 0 aliphatic heterocycles. The van der Waals surface area contributed by atoms with Crippen molar-refractivity contribution in [1.82, 2.24) is 0 Å². The van der Waals surface area contributed by atoms with Crippen LogP contribution >= 0.6 is 0 Å². The minimum atomic E-state index is -0.954. The summed E-state index contributed by atoms with van der Waals surface area (Å²) in [6.45, 7) is 4.07. The van der Waals surface area contributed by atoms with Gasteiger partial charge in [0.05, 0.1) is 17.6 Å². The van der Waals surface area contributed by atoms with E-state index in [9.17, 15) is 10.1 Å². The normalized spacial score (nSPS) is 11.7. The number of nitrogens with zero attached hydrogens (tertiary/aromatic N) is 1. The maximum Gasteiger partial charge on any atom is 0.335 e. The first-order valence-corrected chi connectivity index (χ1v) is 6.80. The van der Waals surface area contributed by atoms with Crippen LogP contribution in [-0.4, -0.2) is 11.1 Å². The lowest BCUT2D eigenvalue weighted by atomic mass is 9.90. The third-order valence-corrected chi connectivity index (χ3v) is 3.64. The van der Waals surface area contributed by atoms with Gasteiger partial charge in [0.1, 0.15) is 0 Å². The summed E-state index contributed by atoms with van der Waals surface area (Å²) in [7, 11) is 0. The molecule has 1 N–H and O–H groups in total. The highest BCUT2D eigenvalue weighted by molar-refractivity contribution is 5.87. The van der Waals surface area contributed by atoms with Crippen molar-refractivity contribution in [3.8, 4) is 6.07 Å². The van der Waals surface area contributed by atoms with E-state index in [0.717, 1.165) is 11.1 Å². The summed E-state index contributed by atoms with van der Waals surface area (Å²) in [6, 6.07) is 15.1. The summed E-state index contributed by atoms with van der Waals surface area (Å²) in [6.07, 6.45) is 0.635. The van der Waals surface area contributed by atoms with Gasteiger partial charge in [-0.15, -0.1) is 0 Å². The van der Waals surface area contributed by atoms with Crippen LogP contribution in [0.25, 0.3) is 0 Å². The second-order valence-electron chi connectivity index (χ2n) is 5.24. The minimum absolute atomic E-state index is 0.238. The van der Waals surface area contributed by atoms with E-state index in [0.29, 0.717) is 6.42 Å². The summed E-state index contributed by atoms with van der Waals surface area (Å²) in [5, 5.41) is 18.3. The van der Waals surface area contributed by atoms with E-state index in [1.54, 1.807) is 24.3 Å². The second kappa shape index (κ2) is 6.23. The maximum atomic E-state index is 10.9. The largest absolute Gasteiger partial charge is 0.478 e. The van der Waals surface area contributed by atoms with Gasteiger partial charge in [0, 0.05) is 0 Å². The molecule has 1 atom stereocenters. The van der Waals surface area contributed by atoms with Crippen molar-refractivity contribution in [2.45, 2.75) is 26.2 Å². The van der Waals surface area contributed by atoms with Crippen molar-refractivity contribution in [2.24, 2.45) is 0 Å². The van der Waals surface area contributed by atoms with E-state index in [-0.39, 0.29) is 11.5 Å². The third-order valence-electron chi connectivity index (χ3n) is 3.64. The number of nitriles is 1. The highest BCUT2D eigenvalue weighted by Gasteiger charge is 2.14. The van der Waals surface area contributed by atoms with Crippen LogP contribution in [0.3, 0.4) is 0 Å². The van der Waals surface area contributed by atoms with Crippen molar-refractivity contribution in [3.63, 3.8) is 0 Å². The molecule has 3 heteroatoms. The Kier molecular flexibility index (Phi) is 4.39. The Morgan fingerprint density at radius 1 is 1.19 bits per heavy atom. The van der Waals surface area contributed by atoms with E-state index in [4.69, 9.17) is 5.11 Å². The SMILES string of the molecule is Cc1ccc(C)c(CC(C#N)c2ccc(C(=O)O)cc2)c1. The Morgan fingerprint density at radius 3 is 2.43 bits per heavy atom. The molecule has 0 spiro atoms. The zero-order valence-corrected chi connectivity index (χ0v) is 12.1. The molecule has 0 amide bonds. The summed E-state index contributed by atoms with van der Waals surface area (Å²) in [5.74, 6) is -1.22. The lowest BCUT2D eigenvalue weighted by Gasteiger charge is -2.12. The smallest absolute Gasteiger partial charge is 0.335 e. The molecule has 0 heterocycles. The fraction of sp³-hybridized carbons (Fsp3) is 0.222. The molecule has 0 fully saturated rings. The van der Waals surface area contributed by atoms with Gasteiger partial charge >= 0.3 is 5.97 Å². The zero-order chi connectivity index (χ0) is 15.4. The quantitative estimate of drug-likeness (QED) is 0.924. The number of hydrogen-bond acceptors (Lipinski definition) is 2. The van der Waals surface area contributed by atoms with Gasteiger partial charge in [0.25, 0.3) is 0 Å². The van der Waals surface area contributed by atoms with Crippen LogP contribution in [0, 0.1) is 25.2 Å². The molecular formula is C18H17NO2. The number of hydrogen-bond donors (Lipinski definition) is 1. The van der Waals surface area contributed by atoms with Crippen molar-refractivity contribution >= 4 is 5.97 Å². The molecule has 0 saturated carbocycles. The van der Waals surface area contributed by atoms with E-state index in [2.05, 4.69) is 24.3 Å². The molecule has 0 aliphatic rings. The highest BCUT2D eigenvalue weighted by Crippen LogP contribution is 2.23. The van der Waals surface area contributed by atoms with Gasteiger partial charge in [-0.25, -0.2) is 4.79 Å². The van der Waals surface area contributed by atoms with Crippen molar-refractivity contribution in [3.05, 3.63) is 70.3 Å². The van der Waals surface area contributed by atoms with E-state index in [1.165, 1.54) is 11.1 Å². The van der Waals surface area contributed by atoms with Gasteiger partial charge in [0.2, 0.25) is 0 Å². The van der Waals surface area contributed by atoms with Gasteiger partial charge in [-0.1, -0.05) is 35.9 Å². The van der Waals surface area contributed by atoms with Crippen LogP contribution < -0.4 is 0 Å². The first-order valence-electron chi connectivity index (χ1n) is 6.80. The molecule has 106 valence electrons.